The van der Waals surface area contributed by atoms with E-state index in [4.69, 9.17) is 0 Å². The van der Waals surface area contributed by atoms with Crippen LogP contribution in [-0.4, -0.2) is 29.6 Å². The molecule has 0 aliphatic heterocycles. The molecule has 2 rings (SSSR count). The van der Waals surface area contributed by atoms with Crippen molar-refractivity contribution in [1.82, 2.24) is 9.97 Å². The Morgan fingerprint density at radius 1 is 1.45 bits per heavy atom. The average molecular weight is 277 g/mol. The molecule has 2 atom stereocenters. The van der Waals surface area contributed by atoms with E-state index >= 15 is 0 Å². The lowest BCUT2D eigenvalue weighted by atomic mass is 9.82. The van der Waals surface area contributed by atoms with Gasteiger partial charge in [-0.15, -0.1) is 0 Å². The van der Waals surface area contributed by atoms with Gasteiger partial charge in [-0.1, -0.05) is 19.8 Å². The molecule has 1 heterocycles. The van der Waals surface area contributed by atoms with Crippen molar-refractivity contribution in [1.29, 1.82) is 0 Å². The normalized spacial score (nSPS) is 22.4. The minimum Gasteiger partial charge on any atom is -0.463 e. The number of hydrogen-bond donors (Lipinski definition) is 1. The third-order valence-corrected chi connectivity index (χ3v) is 3.84. The van der Waals surface area contributed by atoms with Gasteiger partial charge >= 0.3 is 5.97 Å². The predicted molar refractivity (Wildman–Crippen MR) is 77.7 cm³/mol. The van der Waals surface area contributed by atoms with E-state index < -0.39 is 5.97 Å². The number of rotatable bonds is 4. The van der Waals surface area contributed by atoms with Gasteiger partial charge in [0, 0.05) is 18.3 Å². The summed E-state index contributed by atoms with van der Waals surface area (Å²) in [4.78, 5) is 19.8. The van der Waals surface area contributed by atoms with Crippen molar-refractivity contribution in [2.45, 2.75) is 39.5 Å². The Bertz CT molecular complexity index is 476. The number of aromatic nitrogens is 2. The first-order valence-electron chi connectivity index (χ1n) is 7.26. The Morgan fingerprint density at radius 3 is 2.95 bits per heavy atom. The van der Waals surface area contributed by atoms with E-state index in [0.29, 0.717) is 11.7 Å². The van der Waals surface area contributed by atoms with E-state index in [1.165, 1.54) is 32.8 Å². The third kappa shape index (κ3) is 3.92. The Hall–Kier alpha value is -1.65. The first-order valence-corrected chi connectivity index (χ1v) is 7.26. The van der Waals surface area contributed by atoms with Crippen LogP contribution in [-0.2, 0) is 4.74 Å². The summed E-state index contributed by atoms with van der Waals surface area (Å²) in [6.07, 6.45) is 5.19. The third-order valence-electron chi connectivity index (χ3n) is 3.84. The fraction of sp³-hybridized carbons (Fsp3) is 0.667. The fourth-order valence-corrected chi connectivity index (χ4v) is 2.84. The highest BCUT2D eigenvalue weighted by molar-refractivity contribution is 5.85. The molecule has 110 valence electrons. The summed E-state index contributed by atoms with van der Waals surface area (Å²) in [6, 6.07) is 1.86. The minimum absolute atomic E-state index is 0.118. The van der Waals surface area contributed by atoms with Gasteiger partial charge in [0.2, 0.25) is 5.82 Å². The lowest BCUT2D eigenvalue weighted by Gasteiger charge is -2.26. The summed E-state index contributed by atoms with van der Waals surface area (Å²) in [6.45, 7) is 5.07. The Balaban J connectivity index is 1.98. The molecule has 1 aliphatic rings. The van der Waals surface area contributed by atoms with E-state index in [-0.39, 0.29) is 5.82 Å². The molecule has 1 N–H and O–H groups in total. The Kier molecular flexibility index (Phi) is 4.93. The van der Waals surface area contributed by atoms with Crippen molar-refractivity contribution < 1.29 is 9.53 Å². The van der Waals surface area contributed by atoms with E-state index in [0.717, 1.165) is 18.2 Å². The van der Waals surface area contributed by atoms with Crippen molar-refractivity contribution in [3.8, 4) is 0 Å². The second-order valence-corrected chi connectivity index (χ2v) is 5.73. The number of esters is 1. The second-order valence-electron chi connectivity index (χ2n) is 5.73. The monoisotopic (exact) mass is 277 g/mol. The average Bonchev–Trinajstić information content (AvgIpc) is 2.44. The van der Waals surface area contributed by atoms with Gasteiger partial charge in [0.1, 0.15) is 5.82 Å². The molecule has 2 unspecified atom stereocenters. The van der Waals surface area contributed by atoms with Crippen molar-refractivity contribution in [3.63, 3.8) is 0 Å². The summed E-state index contributed by atoms with van der Waals surface area (Å²) < 4.78 is 4.66. The van der Waals surface area contributed by atoms with Crippen LogP contribution in [0.4, 0.5) is 5.82 Å². The number of carbonyl (C=O) groups excluding carboxylic acids is 1. The van der Waals surface area contributed by atoms with Gasteiger partial charge in [-0.3, -0.25) is 0 Å². The summed E-state index contributed by atoms with van der Waals surface area (Å²) >= 11 is 0. The number of methoxy groups -OCH3 is 1. The minimum atomic E-state index is -0.497. The molecule has 5 heteroatoms. The van der Waals surface area contributed by atoms with Gasteiger partial charge in [-0.05, 0) is 31.6 Å². The van der Waals surface area contributed by atoms with Crippen molar-refractivity contribution in [2.24, 2.45) is 11.8 Å². The lowest BCUT2D eigenvalue weighted by molar-refractivity contribution is 0.0586. The molecule has 20 heavy (non-hydrogen) atoms. The van der Waals surface area contributed by atoms with Gasteiger partial charge in [0.15, 0.2) is 0 Å². The van der Waals surface area contributed by atoms with E-state index in [1.807, 2.05) is 13.0 Å². The van der Waals surface area contributed by atoms with E-state index in [2.05, 4.69) is 26.9 Å². The van der Waals surface area contributed by atoms with Crippen LogP contribution < -0.4 is 5.32 Å². The maximum Gasteiger partial charge on any atom is 0.376 e. The van der Waals surface area contributed by atoms with Gasteiger partial charge < -0.3 is 10.1 Å². The molecule has 0 aromatic carbocycles. The zero-order chi connectivity index (χ0) is 14.5. The number of nitrogens with one attached hydrogen (secondary N) is 1. The van der Waals surface area contributed by atoms with Crippen LogP contribution in [0.2, 0.25) is 0 Å². The van der Waals surface area contributed by atoms with Crippen LogP contribution >= 0.6 is 0 Å². The summed E-state index contributed by atoms with van der Waals surface area (Å²) in [7, 11) is 1.34. The number of hydrogen-bond acceptors (Lipinski definition) is 5. The van der Waals surface area contributed by atoms with Gasteiger partial charge in [0.25, 0.3) is 0 Å². The quantitative estimate of drug-likeness (QED) is 0.857. The molecule has 0 radical (unpaired) electrons. The van der Waals surface area contributed by atoms with E-state index in [9.17, 15) is 4.79 Å². The van der Waals surface area contributed by atoms with Crippen LogP contribution in [0.3, 0.4) is 0 Å². The van der Waals surface area contributed by atoms with Crippen LogP contribution in [0.15, 0.2) is 6.07 Å². The second kappa shape index (κ2) is 6.68. The molecule has 1 aromatic rings. The van der Waals surface area contributed by atoms with Gasteiger partial charge in [-0.2, -0.15) is 0 Å². The molecule has 0 bridgehead atoms. The Labute approximate surface area is 120 Å². The molecule has 5 nitrogen and oxygen atoms in total. The standard InChI is InChI=1S/C15H23N3O2/c1-10-5-4-6-12(7-10)9-16-13-8-11(2)17-14(18-13)15(19)20-3/h8,10,12H,4-7,9H2,1-3H3,(H,16,17,18). The zero-order valence-electron chi connectivity index (χ0n) is 12.5. The van der Waals surface area contributed by atoms with Crippen molar-refractivity contribution in [2.75, 3.05) is 19.0 Å². The highest BCUT2D eigenvalue weighted by atomic mass is 16.5. The van der Waals surface area contributed by atoms with Crippen LogP contribution in [0.25, 0.3) is 0 Å². The molecule has 1 saturated carbocycles. The largest absolute Gasteiger partial charge is 0.463 e. The lowest BCUT2D eigenvalue weighted by Crippen LogP contribution is -2.22. The number of aryl methyl sites for hydroxylation is 1. The first kappa shape index (κ1) is 14.8. The highest BCUT2D eigenvalue weighted by Gasteiger charge is 2.19. The molecule has 0 amide bonds. The SMILES string of the molecule is COC(=O)c1nc(C)cc(NCC2CCCC(C)C2)n1. The molecule has 0 spiro atoms. The molecule has 1 aromatic heterocycles. The number of nitrogens with zero attached hydrogens (tertiary/aromatic N) is 2. The maximum atomic E-state index is 11.5. The summed E-state index contributed by atoms with van der Waals surface area (Å²) in [5, 5.41) is 3.34. The first-order chi connectivity index (χ1) is 9.58. The molecule has 1 fully saturated rings. The molecule has 1 aliphatic carbocycles. The van der Waals surface area contributed by atoms with E-state index in [1.54, 1.807) is 0 Å². The fourth-order valence-electron chi connectivity index (χ4n) is 2.84. The number of ether oxygens (including phenoxy) is 1. The predicted octanol–water partition coefficient (Wildman–Crippen LogP) is 2.81. The van der Waals surface area contributed by atoms with Crippen LogP contribution in [0.5, 0.6) is 0 Å². The molecular formula is C15H23N3O2. The molecule has 0 saturated heterocycles. The Morgan fingerprint density at radius 2 is 2.25 bits per heavy atom. The maximum absolute atomic E-state index is 11.5. The molecular weight excluding hydrogens is 254 g/mol. The number of carbonyl (C=O) groups is 1. The summed E-state index contributed by atoms with van der Waals surface area (Å²) in [5.41, 5.74) is 0.764. The van der Waals surface area contributed by atoms with Gasteiger partial charge in [-0.25, -0.2) is 14.8 Å². The smallest absolute Gasteiger partial charge is 0.376 e. The number of anilines is 1. The van der Waals surface area contributed by atoms with Crippen LogP contribution in [0, 0.1) is 18.8 Å². The van der Waals surface area contributed by atoms with Crippen molar-refractivity contribution in [3.05, 3.63) is 17.6 Å². The summed E-state index contributed by atoms with van der Waals surface area (Å²) in [5.74, 6) is 1.83. The highest BCUT2D eigenvalue weighted by Crippen LogP contribution is 2.28. The van der Waals surface area contributed by atoms with Crippen molar-refractivity contribution >= 4 is 11.8 Å². The van der Waals surface area contributed by atoms with Crippen LogP contribution in [0.1, 0.15) is 48.9 Å². The van der Waals surface area contributed by atoms with Gasteiger partial charge in [0.05, 0.1) is 7.11 Å². The zero-order valence-corrected chi connectivity index (χ0v) is 12.5. The topological polar surface area (TPSA) is 64.1 Å².